The first-order valence-electron chi connectivity index (χ1n) is 8.45. The number of hydrogen-bond donors (Lipinski definition) is 1. The molecule has 0 radical (unpaired) electrons. The number of carbonyl (C=O) groups excluding carboxylic acids is 1. The van der Waals surface area contributed by atoms with E-state index >= 15 is 0 Å². The number of rotatable bonds is 2. The molecule has 0 aliphatic carbocycles. The largest absolute Gasteiger partial charge is 0.368 e. The standard InChI is InChI=1S/C17H20N8O/c1-11(26)24-7-9-25(10-8-24)16-13-15(21-17(18)22-16)23(2)14(20-13)12-3-5-19-6-4-12/h3-6H,7-10H2,1-2H3,(H2,18,21,22). The van der Waals surface area contributed by atoms with Gasteiger partial charge in [-0.1, -0.05) is 0 Å². The number of aryl methyl sites for hydroxylation is 1. The first-order valence-corrected chi connectivity index (χ1v) is 8.45. The summed E-state index contributed by atoms with van der Waals surface area (Å²) in [5, 5.41) is 0. The molecule has 3 aromatic rings. The van der Waals surface area contributed by atoms with Crippen LogP contribution in [0.3, 0.4) is 0 Å². The average molecular weight is 352 g/mol. The van der Waals surface area contributed by atoms with Crippen molar-refractivity contribution in [2.45, 2.75) is 6.92 Å². The van der Waals surface area contributed by atoms with E-state index in [9.17, 15) is 4.79 Å². The molecule has 4 heterocycles. The van der Waals surface area contributed by atoms with E-state index in [0.717, 1.165) is 11.4 Å². The second kappa shape index (κ2) is 6.25. The van der Waals surface area contributed by atoms with E-state index < -0.39 is 0 Å². The molecule has 1 aliphatic rings. The van der Waals surface area contributed by atoms with E-state index in [4.69, 9.17) is 10.7 Å². The third-order valence-corrected chi connectivity index (χ3v) is 4.68. The quantitative estimate of drug-likeness (QED) is 0.722. The highest BCUT2D eigenvalue weighted by molar-refractivity contribution is 5.88. The Hall–Kier alpha value is -3.23. The smallest absolute Gasteiger partial charge is 0.224 e. The van der Waals surface area contributed by atoms with Crippen LogP contribution in [0.5, 0.6) is 0 Å². The Morgan fingerprint density at radius 1 is 1.08 bits per heavy atom. The van der Waals surface area contributed by atoms with Crippen molar-refractivity contribution in [2.24, 2.45) is 7.05 Å². The molecule has 0 unspecified atom stereocenters. The predicted octanol–water partition coefficient (Wildman–Crippen LogP) is 0.676. The van der Waals surface area contributed by atoms with Crippen LogP contribution in [0.2, 0.25) is 0 Å². The fraction of sp³-hybridized carbons (Fsp3) is 0.353. The molecule has 1 amide bonds. The van der Waals surface area contributed by atoms with Gasteiger partial charge in [-0.2, -0.15) is 9.97 Å². The molecule has 2 N–H and O–H groups in total. The highest BCUT2D eigenvalue weighted by Crippen LogP contribution is 2.29. The number of nitrogens with zero attached hydrogens (tertiary/aromatic N) is 7. The Morgan fingerprint density at radius 2 is 1.77 bits per heavy atom. The second-order valence-electron chi connectivity index (χ2n) is 6.30. The molecule has 0 aromatic carbocycles. The minimum atomic E-state index is 0.0924. The van der Waals surface area contributed by atoms with E-state index in [1.54, 1.807) is 19.3 Å². The summed E-state index contributed by atoms with van der Waals surface area (Å²) in [6, 6.07) is 3.81. The average Bonchev–Trinajstić information content (AvgIpc) is 2.99. The van der Waals surface area contributed by atoms with Gasteiger partial charge in [-0.25, -0.2) is 4.98 Å². The lowest BCUT2D eigenvalue weighted by Crippen LogP contribution is -2.48. The van der Waals surface area contributed by atoms with Gasteiger partial charge in [-0.05, 0) is 12.1 Å². The van der Waals surface area contributed by atoms with Gasteiger partial charge < -0.3 is 20.1 Å². The van der Waals surface area contributed by atoms with Gasteiger partial charge in [0.1, 0.15) is 5.82 Å². The van der Waals surface area contributed by atoms with Crippen LogP contribution < -0.4 is 10.6 Å². The van der Waals surface area contributed by atoms with Crippen LogP contribution in [0.4, 0.5) is 11.8 Å². The number of nitrogens with two attached hydrogens (primary N) is 1. The topological polar surface area (TPSA) is 106 Å². The maximum Gasteiger partial charge on any atom is 0.224 e. The van der Waals surface area contributed by atoms with Crippen LogP contribution in [-0.4, -0.2) is 61.5 Å². The van der Waals surface area contributed by atoms with E-state index in [1.807, 2.05) is 28.6 Å². The Kier molecular flexibility index (Phi) is 3.90. The summed E-state index contributed by atoms with van der Waals surface area (Å²) < 4.78 is 1.91. The lowest BCUT2D eigenvalue weighted by Gasteiger charge is -2.34. The van der Waals surface area contributed by atoms with Crippen molar-refractivity contribution in [2.75, 3.05) is 36.8 Å². The number of pyridine rings is 1. The van der Waals surface area contributed by atoms with Gasteiger partial charge in [0.05, 0.1) is 0 Å². The molecule has 9 nitrogen and oxygen atoms in total. The molecule has 4 rings (SSSR count). The SMILES string of the molecule is CC(=O)N1CCN(c2nc(N)nc3c2nc(-c2ccncc2)n3C)CC1. The van der Waals surface area contributed by atoms with Gasteiger partial charge >= 0.3 is 0 Å². The Bertz CT molecular complexity index is 960. The molecule has 3 aromatic heterocycles. The fourth-order valence-electron chi connectivity index (χ4n) is 3.28. The van der Waals surface area contributed by atoms with Gasteiger partial charge in [-0.3, -0.25) is 9.78 Å². The Balaban J connectivity index is 1.77. The van der Waals surface area contributed by atoms with E-state index in [0.29, 0.717) is 43.2 Å². The zero-order chi connectivity index (χ0) is 18.3. The molecule has 0 atom stereocenters. The molecular weight excluding hydrogens is 332 g/mol. The number of carbonyl (C=O) groups is 1. The molecular formula is C17H20N8O. The summed E-state index contributed by atoms with van der Waals surface area (Å²) in [4.78, 5) is 33.2. The highest BCUT2D eigenvalue weighted by Gasteiger charge is 2.24. The second-order valence-corrected chi connectivity index (χ2v) is 6.30. The van der Waals surface area contributed by atoms with E-state index in [2.05, 4.69) is 19.9 Å². The lowest BCUT2D eigenvalue weighted by molar-refractivity contribution is -0.129. The number of anilines is 2. The van der Waals surface area contributed by atoms with Gasteiger partial charge in [0.15, 0.2) is 17.0 Å². The molecule has 1 aliphatic heterocycles. The summed E-state index contributed by atoms with van der Waals surface area (Å²) in [6.07, 6.45) is 3.47. The van der Waals surface area contributed by atoms with Crippen molar-refractivity contribution in [1.29, 1.82) is 0 Å². The maximum absolute atomic E-state index is 11.6. The molecule has 9 heteroatoms. The normalized spacial score (nSPS) is 14.8. The summed E-state index contributed by atoms with van der Waals surface area (Å²) in [7, 11) is 1.91. The van der Waals surface area contributed by atoms with Crippen LogP contribution in [0.15, 0.2) is 24.5 Å². The van der Waals surface area contributed by atoms with Crippen LogP contribution in [-0.2, 0) is 11.8 Å². The molecule has 1 fully saturated rings. The number of aromatic nitrogens is 5. The predicted molar refractivity (Wildman–Crippen MR) is 98.4 cm³/mol. The number of hydrogen-bond acceptors (Lipinski definition) is 7. The number of imidazole rings is 1. The van der Waals surface area contributed by atoms with Gasteiger partial charge in [0, 0.05) is 58.1 Å². The van der Waals surface area contributed by atoms with Gasteiger partial charge in [-0.15, -0.1) is 0 Å². The maximum atomic E-state index is 11.6. The third-order valence-electron chi connectivity index (χ3n) is 4.68. The van der Waals surface area contributed by atoms with Crippen molar-refractivity contribution >= 4 is 28.8 Å². The Labute approximate surface area is 150 Å². The minimum Gasteiger partial charge on any atom is -0.368 e. The Morgan fingerprint density at radius 3 is 2.42 bits per heavy atom. The van der Waals surface area contributed by atoms with Crippen LogP contribution in [0, 0.1) is 0 Å². The minimum absolute atomic E-state index is 0.0924. The first-order chi connectivity index (χ1) is 12.5. The zero-order valence-corrected chi connectivity index (χ0v) is 14.8. The molecule has 1 saturated heterocycles. The van der Waals surface area contributed by atoms with Gasteiger partial charge in [0.25, 0.3) is 0 Å². The van der Waals surface area contributed by atoms with Crippen LogP contribution in [0.25, 0.3) is 22.6 Å². The lowest BCUT2D eigenvalue weighted by atomic mass is 10.2. The molecule has 0 bridgehead atoms. The summed E-state index contributed by atoms with van der Waals surface area (Å²) in [6.45, 7) is 4.28. The van der Waals surface area contributed by atoms with E-state index in [1.165, 1.54) is 0 Å². The number of fused-ring (bicyclic) bond motifs is 1. The number of piperazine rings is 1. The number of nitrogen functional groups attached to an aromatic ring is 1. The van der Waals surface area contributed by atoms with Crippen molar-refractivity contribution < 1.29 is 4.79 Å². The first kappa shape index (κ1) is 16.2. The van der Waals surface area contributed by atoms with Gasteiger partial charge in [0.2, 0.25) is 11.9 Å². The zero-order valence-electron chi connectivity index (χ0n) is 14.8. The molecule has 0 spiro atoms. The third kappa shape index (κ3) is 2.71. The van der Waals surface area contributed by atoms with Crippen molar-refractivity contribution in [3.8, 4) is 11.4 Å². The number of amides is 1. The highest BCUT2D eigenvalue weighted by atomic mass is 16.2. The molecule has 134 valence electrons. The molecule has 26 heavy (non-hydrogen) atoms. The summed E-state index contributed by atoms with van der Waals surface area (Å²) in [5.41, 5.74) is 8.31. The van der Waals surface area contributed by atoms with Crippen molar-refractivity contribution in [1.82, 2.24) is 29.4 Å². The van der Waals surface area contributed by atoms with Crippen LogP contribution >= 0.6 is 0 Å². The van der Waals surface area contributed by atoms with Crippen molar-refractivity contribution in [3.63, 3.8) is 0 Å². The molecule has 0 saturated carbocycles. The fourth-order valence-corrected chi connectivity index (χ4v) is 3.28. The van der Waals surface area contributed by atoms with E-state index in [-0.39, 0.29) is 11.9 Å². The monoisotopic (exact) mass is 352 g/mol. The summed E-state index contributed by atoms with van der Waals surface area (Å²) >= 11 is 0. The van der Waals surface area contributed by atoms with Crippen molar-refractivity contribution in [3.05, 3.63) is 24.5 Å². The van der Waals surface area contributed by atoms with Crippen LogP contribution in [0.1, 0.15) is 6.92 Å². The summed E-state index contributed by atoms with van der Waals surface area (Å²) in [5.74, 6) is 1.80.